The number of carbonyl (C=O) groups is 1. The van der Waals surface area contributed by atoms with Gasteiger partial charge in [-0.15, -0.1) is 0 Å². The lowest BCUT2D eigenvalue weighted by Gasteiger charge is -2.03. The Hall–Kier alpha value is -1.09. The Kier molecular flexibility index (Phi) is 3.25. The van der Waals surface area contributed by atoms with Crippen molar-refractivity contribution in [1.29, 1.82) is 0 Å². The summed E-state index contributed by atoms with van der Waals surface area (Å²) in [6.07, 6.45) is 1.83. The van der Waals surface area contributed by atoms with Crippen LogP contribution in [-0.2, 0) is 16.0 Å². The van der Waals surface area contributed by atoms with Crippen molar-refractivity contribution < 1.29 is 9.53 Å². The van der Waals surface area contributed by atoms with Crippen LogP contribution in [-0.4, -0.2) is 18.1 Å². The SMILES string of the molecule is COC(=O)Cc1cnc(Cl)cc1C. The van der Waals surface area contributed by atoms with Crippen LogP contribution in [0, 0.1) is 6.92 Å². The smallest absolute Gasteiger partial charge is 0.310 e. The van der Waals surface area contributed by atoms with Crippen LogP contribution < -0.4 is 0 Å². The van der Waals surface area contributed by atoms with Crippen molar-refractivity contribution in [3.63, 3.8) is 0 Å². The van der Waals surface area contributed by atoms with Crippen LogP contribution in [0.3, 0.4) is 0 Å². The molecule has 1 aromatic rings. The molecule has 3 nitrogen and oxygen atoms in total. The van der Waals surface area contributed by atoms with Crippen molar-refractivity contribution in [3.8, 4) is 0 Å². The number of aromatic nitrogens is 1. The maximum atomic E-state index is 10.9. The second-order valence-corrected chi connectivity index (χ2v) is 3.07. The van der Waals surface area contributed by atoms with Crippen LogP contribution >= 0.6 is 11.6 Å². The zero-order chi connectivity index (χ0) is 9.84. The summed E-state index contributed by atoms with van der Waals surface area (Å²) >= 11 is 5.66. The van der Waals surface area contributed by atoms with Crippen molar-refractivity contribution in [2.24, 2.45) is 0 Å². The summed E-state index contributed by atoms with van der Waals surface area (Å²) in [5, 5.41) is 0.436. The average molecular weight is 200 g/mol. The number of nitrogens with zero attached hydrogens (tertiary/aromatic N) is 1. The Morgan fingerprint density at radius 2 is 2.38 bits per heavy atom. The Labute approximate surface area is 81.7 Å². The molecule has 0 aromatic carbocycles. The highest BCUT2D eigenvalue weighted by atomic mass is 35.5. The number of halogens is 1. The van der Waals surface area contributed by atoms with Gasteiger partial charge in [0.2, 0.25) is 0 Å². The monoisotopic (exact) mass is 199 g/mol. The van der Waals surface area contributed by atoms with Crippen molar-refractivity contribution >= 4 is 17.6 Å². The predicted molar refractivity (Wildman–Crippen MR) is 49.7 cm³/mol. The van der Waals surface area contributed by atoms with Gasteiger partial charge < -0.3 is 4.74 Å². The minimum atomic E-state index is -0.271. The summed E-state index contributed by atoms with van der Waals surface area (Å²) in [5.74, 6) is -0.271. The number of hydrogen-bond acceptors (Lipinski definition) is 3. The Bertz CT molecular complexity index is 325. The number of ether oxygens (including phenoxy) is 1. The van der Waals surface area contributed by atoms with E-state index < -0.39 is 0 Å². The van der Waals surface area contributed by atoms with Gasteiger partial charge in [-0.3, -0.25) is 4.79 Å². The van der Waals surface area contributed by atoms with Gasteiger partial charge in [-0.25, -0.2) is 4.98 Å². The molecule has 0 atom stereocenters. The third kappa shape index (κ3) is 2.70. The Morgan fingerprint density at radius 3 is 2.92 bits per heavy atom. The number of esters is 1. The first kappa shape index (κ1) is 9.99. The van der Waals surface area contributed by atoms with Crippen LogP contribution in [0.2, 0.25) is 5.15 Å². The second kappa shape index (κ2) is 4.23. The highest BCUT2D eigenvalue weighted by molar-refractivity contribution is 6.29. The molecule has 0 amide bonds. The zero-order valence-corrected chi connectivity index (χ0v) is 8.26. The molecule has 0 unspecified atom stereocenters. The van der Waals surface area contributed by atoms with Gasteiger partial charge in [0.15, 0.2) is 0 Å². The summed E-state index contributed by atoms with van der Waals surface area (Å²) in [5.41, 5.74) is 1.79. The van der Waals surface area contributed by atoms with E-state index in [0.717, 1.165) is 11.1 Å². The Morgan fingerprint density at radius 1 is 1.69 bits per heavy atom. The first-order chi connectivity index (χ1) is 6.13. The molecule has 0 saturated carbocycles. The van der Waals surface area contributed by atoms with Crippen molar-refractivity contribution in [3.05, 3.63) is 28.5 Å². The van der Waals surface area contributed by atoms with Gasteiger partial charge >= 0.3 is 5.97 Å². The van der Waals surface area contributed by atoms with E-state index in [1.165, 1.54) is 7.11 Å². The largest absolute Gasteiger partial charge is 0.469 e. The summed E-state index contributed by atoms with van der Waals surface area (Å²) in [7, 11) is 1.36. The lowest BCUT2D eigenvalue weighted by atomic mass is 10.1. The maximum absolute atomic E-state index is 10.9. The fraction of sp³-hybridized carbons (Fsp3) is 0.333. The highest BCUT2D eigenvalue weighted by Gasteiger charge is 2.06. The second-order valence-electron chi connectivity index (χ2n) is 2.69. The van der Waals surface area contributed by atoms with Gasteiger partial charge in [-0.2, -0.15) is 0 Å². The number of pyridine rings is 1. The molecule has 0 aliphatic heterocycles. The summed E-state index contributed by atoms with van der Waals surface area (Å²) in [4.78, 5) is 14.8. The molecule has 70 valence electrons. The van der Waals surface area contributed by atoms with E-state index in [2.05, 4.69) is 9.72 Å². The van der Waals surface area contributed by atoms with Crippen LogP contribution in [0.4, 0.5) is 0 Å². The van der Waals surface area contributed by atoms with Gasteiger partial charge in [0.05, 0.1) is 13.5 Å². The summed E-state index contributed by atoms with van der Waals surface area (Å²) in [6.45, 7) is 1.88. The molecule has 0 radical (unpaired) electrons. The molecule has 0 saturated heterocycles. The molecule has 1 heterocycles. The van der Waals surface area contributed by atoms with Gasteiger partial charge in [0.25, 0.3) is 0 Å². The number of aryl methyl sites for hydroxylation is 1. The molecule has 4 heteroatoms. The van der Waals surface area contributed by atoms with E-state index in [-0.39, 0.29) is 12.4 Å². The predicted octanol–water partition coefficient (Wildman–Crippen LogP) is 1.76. The van der Waals surface area contributed by atoms with Crippen LogP contribution in [0.1, 0.15) is 11.1 Å². The van der Waals surface area contributed by atoms with Crippen LogP contribution in [0.15, 0.2) is 12.3 Å². The van der Waals surface area contributed by atoms with Gasteiger partial charge in [0, 0.05) is 6.20 Å². The molecular weight excluding hydrogens is 190 g/mol. The number of hydrogen-bond donors (Lipinski definition) is 0. The molecule has 0 spiro atoms. The first-order valence-electron chi connectivity index (χ1n) is 3.81. The third-order valence-corrected chi connectivity index (χ3v) is 1.95. The molecule has 1 rings (SSSR count). The van der Waals surface area contributed by atoms with Crippen LogP contribution in [0.5, 0.6) is 0 Å². The van der Waals surface area contributed by atoms with E-state index in [9.17, 15) is 4.79 Å². The van der Waals surface area contributed by atoms with Gasteiger partial charge in [0.1, 0.15) is 5.15 Å². The molecule has 0 fully saturated rings. The third-order valence-electron chi connectivity index (χ3n) is 1.75. The molecule has 0 bridgehead atoms. The van der Waals surface area contributed by atoms with E-state index >= 15 is 0 Å². The van der Waals surface area contributed by atoms with E-state index in [1.54, 1.807) is 12.3 Å². The van der Waals surface area contributed by atoms with Crippen molar-refractivity contribution in [2.45, 2.75) is 13.3 Å². The fourth-order valence-electron chi connectivity index (χ4n) is 0.963. The number of carbonyl (C=O) groups excluding carboxylic acids is 1. The van der Waals surface area contributed by atoms with E-state index in [1.807, 2.05) is 6.92 Å². The lowest BCUT2D eigenvalue weighted by molar-refractivity contribution is -0.139. The molecule has 0 N–H and O–H groups in total. The number of methoxy groups -OCH3 is 1. The molecule has 1 aromatic heterocycles. The molecule has 0 aliphatic rings. The molecule has 13 heavy (non-hydrogen) atoms. The average Bonchev–Trinajstić information content (AvgIpc) is 2.09. The fourth-order valence-corrected chi connectivity index (χ4v) is 1.18. The Balaban J connectivity index is 2.83. The highest BCUT2D eigenvalue weighted by Crippen LogP contribution is 2.12. The van der Waals surface area contributed by atoms with Crippen molar-refractivity contribution in [1.82, 2.24) is 4.98 Å². The normalized spacial score (nSPS) is 9.77. The minimum absolute atomic E-state index is 0.243. The van der Waals surface area contributed by atoms with E-state index in [0.29, 0.717) is 5.15 Å². The number of rotatable bonds is 2. The minimum Gasteiger partial charge on any atom is -0.469 e. The topological polar surface area (TPSA) is 39.2 Å². The van der Waals surface area contributed by atoms with Crippen LogP contribution in [0.25, 0.3) is 0 Å². The summed E-state index contributed by atoms with van der Waals surface area (Å²) in [6, 6.07) is 1.72. The lowest BCUT2D eigenvalue weighted by Crippen LogP contribution is -2.06. The van der Waals surface area contributed by atoms with Gasteiger partial charge in [-0.1, -0.05) is 11.6 Å². The standard InChI is InChI=1S/C9H10ClNO2/c1-6-3-8(10)11-5-7(6)4-9(12)13-2/h3,5H,4H2,1-2H3. The van der Waals surface area contributed by atoms with E-state index in [4.69, 9.17) is 11.6 Å². The summed E-state index contributed by atoms with van der Waals surface area (Å²) < 4.78 is 4.54. The van der Waals surface area contributed by atoms with Gasteiger partial charge in [-0.05, 0) is 24.1 Å². The quantitative estimate of drug-likeness (QED) is 0.538. The molecule has 0 aliphatic carbocycles. The maximum Gasteiger partial charge on any atom is 0.310 e. The first-order valence-corrected chi connectivity index (χ1v) is 4.19. The van der Waals surface area contributed by atoms with Crippen molar-refractivity contribution in [2.75, 3.05) is 7.11 Å². The zero-order valence-electron chi connectivity index (χ0n) is 7.50. The molecular formula is C9H10ClNO2.